The molecule has 1 aromatic heterocycles. The highest BCUT2D eigenvalue weighted by atomic mass is 16.2. The van der Waals surface area contributed by atoms with Gasteiger partial charge in [0.2, 0.25) is 0 Å². The molecular formula is C15H24N4O2. The van der Waals surface area contributed by atoms with E-state index < -0.39 is 0 Å². The molecule has 21 heavy (non-hydrogen) atoms. The molecule has 0 unspecified atom stereocenters. The second-order valence-electron chi connectivity index (χ2n) is 5.69. The Morgan fingerprint density at radius 1 is 1.33 bits per heavy atom. The number of amides is 2. The number of nitrogens with one attached hydrogen (secondary N) is 2. The van der Waals surface area contributed by atoms with Gasteiger partial charge in [-0.05, 0) is 26.7 Å². The molecule has 0 spiro atoms. The summed E-state index contributed by atoms with van der Waals surface area (Å²) in [7, 11) is 0. The summed E-state index contributed by atoms with van der Waals surface area (Å²) in [6, 6.07) is 0.150. The van der Waals surface area contributed by atoms with Gasteiger partial charge in [-0.25, -0.2) is 9.78 Å². The van der Waals surface area contributed by atoms with Crippen molar-refractivity contribution in [2.45, 2.75) is 58.5 Å². The highest BCUT2D eigenvalue weighted by Gasteiger charge is 2.15. The zero-order chi connectivity index (χ0) is 15.2. The lowest BCUT2D eigenvalue weighted by Crippen LogP contribution is -2.44. The van der Waals surface area contributed by atoms with Crippen LogP contribution < -0.4 is 16.2 Å². The van der Waals surface area contributed by atoms with Gasteiger partial charge < -0.3 is 10.6 Å². The molecule has 116 valence electrons. The molecule has 1 aliphatic rings. The smallest absolute Gasteiger partial charge is 0.315 e. The number of hydrogen-bond acceptors (Lipinski definition) is 3. The summed E-state index contributed by atoms with van der Waals surface area (Å²) in [5.74, 6) is 0. The fourth-order valence-electron chi connectivity index (χ4n) is 2.61. The van der Waals surface area contributed by atoms with Gasteiger partial charge in [-0.15, -0.1) is 0 Å². The molecule has 0 radical (unpaired) electrons. The van der Waals surface area contributed by atoms with Crippen LogP contribution in [-0.4, -0.2) is 28.2 Å². The predicted molar refractivity (Wildman–Crippen MR) is 81.4 cm³/mol. The van der Waals surface area contributed by atoms with Crippen LogP contribution in [-0.2, 0) is 6.54 Å². The van der Waals surface area contributed by atoms with Gasteiger partial charge in [-0.3, -0.25) is 9.36 Å². The summed E-state index contributed by atoms with van der Waals surface area (Å²) in [6.07, 6.45) is 7.30. The molecule has 2 N–H and O–H groups in total. The van der Waals surface area contributed by atoms with E-state index in [4.69, 9.17) is 0 Å². The number of aryl methyl sites for hydroxylation is 1. The van der Waals surface area contributed by atoms with Gasteiger partial charge in [0.1, 0.15) is 0 Å². The van der Waals surface area contributed by atoms with E-state index in [1.165, 1.54) is 30.2 Å². The van der Waals surface area contributed by atoms with Gasteiger partial charge in [0.15, 0.2) is 0 Å². The molecule has 2 rings (SSSR count). The third kappa shape index (κ3) is 4.31. The first-order chi connectivity index (χ1) is 10.1. The van der Waals surface area contributed by atoms with Gasteiger partial charge in [-0.1, -0.05) is 19.3 Å². The van der Waals surface area contributed by atoms with Crippen molar-refractivity contribution in [3.8, 4) is 0 Å². The zero-order valence-electron chi connectivity index (χ0n) is 12.8. The van der Waals surface area contributed by atoms with Gasteiger partial charge in [0.05, 0.1) is 6.33 Å². The van der Waals surface area contributed by atoms with E-state index in [-0.39, 0.29) is 11.6 Å². The Labute approximate surface area is 125 Å². The average Bonchev–Trinajstić information content (AvgIpc) is 2.48. The van der Waals surface area contributed by atoms with Crippen LogP contribution in [0.15, 0.2) is 11.1 Å². The lowest BCUT2D eigenvalue weighted by Gasteiger charge is -2.22. The normalized spacial score (nSPS) is 15.7. The summed E-state index contributed by atoms with van der Waals surface area (Å²) in [4.78, 5) is 27.9. The van der Waals surface area contributed by atoms with E-state index in [0.29, 0.717) is 24.7 Å². The van der Waals surface area contributed by atoms with E-state index in [9.17, 15) is 9.59 Å². The molecule has 1 aliphatic carbocycles. The number of carbonyl (C=O) groups excluding carboxylic acids is 1. The van der Waals surface area contributed by atoms with Gasteiger partial charge in [-0.2, -0.15) is 0 Å². The fraction of sp³-hybridized carbons (Fsp3) is 0.667. The Bertz CT molecular complexity index is 547. The van der Waals surface area contributed by atoms with Crippen molar-refractivity contribution in [1.82, 2.24) is 20.2 Å². The van der Waals surface area contributed by atoms with Crippen LogP contribution in [0.4, 0.5) is 4.79 Å². The topological polar surface area (TPSA) is 76.0 Å². The number of rotatable bonds is 4. The second-order valence-corrected chi connectivity index (χ2v) is 5.69. The molecule has 0 saturated heterocycles. The molecule has 1 aromatic rings. The SMILES string of the molecule is Cc1ncn(CCNC(=O)NC2CCCCC2)c(=O)c1C. The molecule has 0 aliphatic heterocycles. The summed E-state index contributed by atoms with van der Waals surface area (Å²) in [5, 5.41) is 5.79. The standard InChI is InChI=1S/C15H24N4O2/c1-11-12(2)17-10-19(14(11)20)9-8-16-15(21)18-13-6-4-3-5-7-13/h10,13H,3-9H2,1-2H3,(H2,16,18,21). The third-order valence-electron chi connectivity index (χ3n) is 4.09. The highest BCUT2D eigenvalue weighted by molar-refractivity contribution is 5.74. The molecular weight excluding hydrogens is 268 g/mol. The predicted octanol–water partition coefficient (Wildman–Crippen LogP) is 1.49. The minimum atomic E-state index is -0.147. The maximum atomic E-state index is 12.0. The Morgan fingerprint density at radius 3 is 2.76 bits per heavy atom. The first kappa shape index (κ1) is 15.5. The largest absolute Gasteiger partial charge is 0.336 e. The molecule has 0 aromatic carbocycles. The number of hydrogen-bond donors (Lipinski definition) is 2. The van der Waals surface area contributed by atoms with Crippen molar-refractivity contribution >= 4 is 6.03 Å². The van der Waals surface area contributed by atoms with Crippen molar-refractivity contribution in [3.63, 3.8) is 0 Å². The first-order valence-corrected chi connectivity index (χ1v) is 7.65. The Kier molecular flexibility index (Phi) is 5.36. The van der Waals surface area contributed by atoms with E-state index in [2.05, 4.69) is 15.6 Å². The van der Waals surface area contributed by atoms with Crippen LogP contribution in [0.25, 0.3) is 0 Å². The third-order valence-corrected chi connectivity index (χ3v) is 4.09. The number of aromatic nitrogens is 2. The molecule has 1 heterocycles. The van der Waals surface area contributed by atoms with Crippen molar-refractivity contribution in [2.75, 3.05) is 6.54 Å². The fourth-order valence-corrected chi connectivity index (χ4v) is 2.61. The minimum Gasteiger partial charge on any atom is -0.336 e. The van der Waals surface area contributed by atoms with Crippen LogP contribution in [0.3, 0.4) is 0 Å². The van der Waals surface area contributed by atoms with E-state index >= 15 is 0 Å². The number of nitrogens with zero attached hydrogens (tertiary/aromatic N) is 2. The lowest BCUT2D eigenvalue weighted by molar-refractivity contribution is 0.232. The molecule has 2 amide bonds. The summed E-state index contributed by atoms with van der Waals surface area (Å²) < 4.78 is 1.53. The maximum absolute atomic E-state index is 12.0. The Morgan fingerprint density at radius 2 is 2.05 bits per heavy atom. The summed E-state index contributed by atoms with van der Waals surface area (Å²) >= 11 is 0. The van der Waals surface area contributed by atoms with E-state index in [1.807, 2.05) is 6.92 Å². The zero-order valence-corrected chi connectivity index (χ0v) is 12.8. The average molecular weight is 292 g/mol. The van der Waals surface area contributed by atoms with Crippen LogP contribution in [0.2, 0.25) is 0 Å². The van der Waals surface area contributed by atoms with Crippen molar-refractivity contribution in [1.29, 1.82) is 0 Å². The minimum absolute atomic E-state index is 0.0445. The second kappa shape index (κ2) is 7.24. The van der Waals surface area contributed by atoms with Gasteiger partial charge in [0, 0.05) is 30.4 Å². The van der Waals surface area contributed by atoms with Crippen LogP contribution in [0, 0.1) is 13.8 Å². The molecule has 6 heteroatoms. The molecule has 6 nitrogen and oxygen atoms in total. The quantitative estimate of drug-likeness (QED) is 0.883. The van der Waals surface area contributed by atoms with Crippen LogP contribution in [0.1, 0.15) is 43.4 Å². The molecule has 1 saturated carbocycles. The lowest BCUT2D eigenvalue weighted by atomic mass is 9.96. The van der Waals surface area contributed by atoms with Crippen molar-refractivity contribution in [3.05, 3.63) is 27.9 Å². The van der Waals surface area contributed by atoms with Crippen LogP contribution >= 0.6 is 0 Å². The molecule has 0 bridgehead atoms. The van der Waals surface area contributed by atoms with Crippen molar-refractivity contribution in [2.24, 2.45) is 0 Å². The summed E-state index contributed by atoms with van der Waals surface area (Å²) in [5.41, 5.74) is 1.36. The van der Waals surface area contributed by atoms with Gasteiger partial charge >= 0.3 is 6.03 Å². The van der Waals surface area contributed by atoms with Crippen LogP contribution in [0.5, 0.6) is 0 Å². The molecule has 1 fully saturated rings. The molecule has 0 atom stereocenters. The first-order valence-electron chi connectivity index (χ1n) is 7.65. The maximum Gasteiger partial charge on any atom is 0.315 e. The summed E-state index contributed by atoms with van der Waals surface area (Å²) in [6.45, 7) is 4.44. The Balaban J connectivity index is 1.77. The van der Waals surface area contributed by atoms with Gasteiger partial charge in [0.25, 0.3) is 5.56 Å². The monoisotopic (exact) mass is 292 g/mol. The Hall–Kier alpha value is -1.85. The van der Waals surface area contributed by atoms with Crippen molar-refractivity contribution < 1.29 is 4.79 Å². The highest BCUT2D eigenvalue weighted by Crippen LogP contribution is 2.16. The van der Waals surface area contributed by atoms with E-state index in [1.54, 1.807) is 6.92 Å². The van der Waals surface area contributed by atoms with E-state index in [0.717, 1.165) is 18.5 Å². The number of carbonyl (C=O) groups is 1. The number of urea groups is 1.